The summed E-state index contributed by atoms with van der Waals surface area (Å²) in [6.07, 6.45) is 5.22. The second-order valence-electron chi connectivity index (χ2n) is 7.32. The van der Waals surface area contributed by atoms with E-state index in [1.807, 2.05) is 0 Å². The predicted molar refractivity (Wildman–Crippen MR) is 95.1 cm³/mol. The van der Waals surface area contributed by atoms with Crippen molar-refractivity contribution in [2.24, 2.45) is 0 Å². The van der Waals surface area contributed by atoms with Gasteiger partial charge in [0.1, 0.15) is 17.3 Å². The number of nitrogens with zero attached hydrogens (tertiary/aromatic N) is 2. The van der Waals surface area contributed by atoms with Gasteiger partial charge in [0.15, 0.2) is 0 Å². The summed E-state index contributed by atoms with van der Waals surface area (Å²) in [6, 6.07) is 6.19. The lowest BCUT2D eigenvalue weighted by Gasteiger charge is -2.23. The van der Waals surface area contributed by atoms with Gasteiger partial charge in [-0.05, 0) is 56.5 Å². The van der Waals surface area contributed by atoms with Gasteiger partial charge in [0.05, 0.1) is 6.42 Å². The summed E-state index contributed by atoms with van der Waals surface area (Å²) in [5, 5.41) is 7.40. The topological polar surface area (TPSA) is 58.4 Å². The number of hydrogen-bond donors (Lipinski definition) is 1. The van der Waals surface area contributed by atoms with Crippen molar-refractivity contribution < 1.29 is 13.7 Å². The zero-order chi connectivity index (χ0) is 17.9. The molecule has 1 amide bonds. The molecule has 138 valence electrons. The van der Waals surface area contributed by atoms with Crippen LogP contribution < -0.4 is 5.32 Å². The Morgan fingerprint density at radius 1 is 1.27 bits per heavy atom. The van der Waals surface area contributed by atoms with Crippen molar-refractivity contribution in [3.8, 4) is 0 Å². The molecule has 1 aliphatic carbocycles. The van der Waals surface area contributed by atoms with Crippen LogP contribution in [0.2, 0.25) is 0 Å². The summed E-state index contributed by atoms with van der Waals surface area (Å²) in [5.74, 6) is 0.665. The van der Waals surface area contributed by atoms with Gasteiger partial charge in [0, 0.05) is 24.6 Å². The molecule has 1 atom stereocenters. The molecule has 1 aliphatic heterocycles. The molecule has 0 bridgehead atoms. The Bertz CT molecular complexity index is 766. The van der Waals surface area contributed by atoms with Crippen molar-refractivity contribution in [2.45, 2.75) is 51.1 Å². The van der Waals surface area contributed by atoms with Crippen LogP contribution in [0, 0.1) is 5.82 Å². The van der Waals surface area contributed by atoms with E-state index in [9.17, 15) is 9.18 Å². The highest BCUT2D eigenvalue weighted by atomic mass is 19.1. The standard InChI is InChI=1S/C20H24FN3O2/c21-15-5-3-14(4-6-15)11-20(25)22-16-7-8-19-17(12-16)18(23-26-19)13-24-9-1-2-10-24/h3-6,16H,1-2,7-13H2,(H,22,25). The van der Waals surface area contributed by atoms with Crippen LogP contribution in [0.3, 0.4) is 0 Å². The quantitative estimate of drug-likeness (QED) is 0.894. The van der Waals surface area contributed by atoms with Gasteiger partial charge in [-0.1, -0.05) is 17.3 Å². The van der Waals surface area contributed by atoms with Gasteiger partial charge in [-0.15, -0.1) is 0 Å². The van der Waals surface area contributed by atoms with Crippen molar-refractivity contribution in [3.05, 3.63) is 52.7 Å². The molecule has 1 N–H and O–H groups in total. The summed E-state index contributed by atoms with van der Waals surface area (Å²) in [6.45, 7) is 3.09. The number of nitrogens with one attached hydrogen (secondary N) is 1. The van der Waals surface area contributed by atoms with Crippen LogP contribution in [0.5, 0.6) is 0 Å². The molecule has 1 aromatic carbocycles. The minimum atomic E-state index is -0.285. The molecule has 1 unspecified atom stereocenters. The number of aromatic nitrogens is 1. The van der Waals surface area contributed by atoms with E-state index >= 15 is 0 Å². The van der Waals surface area contributed by atoms with E-state index in [-0.39, 0.29) is 24.2 Å². The number of fused-ring (bicyclic) bond motifs is 1. The van der Waals surface area contributed by atoms with Crippen molar-refractivity contribution in [1.29, 1.82) is 0 Å². The van der Waals surface area contributed by atoms with Crippen molar-refractivity contribution in [1.82, 2.24) is 15.4 Å². The maximum absolute atomic E-state index is 13.0. The summed E-state index contributed by atoms with van der Waals surface area (Å²) < 4.78 is 18.5. The first-order chi connectivity index (χ1) is 12.7. The Balaban J connectivity index is 1.36. The van der Waals surface area contributed by atoms with Crippen molar-refractivity contribution in [2.75, 3.05) is 13.1 Å². The summed E-state index contributed by atoms with van der Waals surface area (Å²) >= 11 is 0. The van der Waals surface area contributed by atoms with Gasteiger partial charge in [-0.2, -0.15) is 0 Å². The van der Waals surface area contributed by atoms with E-state index in [0.29, 0.717) is 0 Å². The summed E-state index contributed by atoms with van der Waals surface area (Å²) in [4.78, 5) is 14.7. The third-order valence-electron chi connectivity index (χ3n) is 5.34. The predicted octanol–water partition coefficient (Wildman–Crippen LogP) is 2.63. The first kappa shape index (κ1) is 17.2. The Hall–Kier alpha value is -2.21. The monoisotopic (exact) mass is 357 g/mol. The Kier molecular flexibility index (Phi) is 5.02. The SMILES string of the molecule is O=C(Cc1ccc(F)cc1)NC1CCc2onc(CN3CCCC3)c2C1. The van der Waals surface area contributed by atoms with Crippen LogP contribution >= 0.6 is 0 Å². The summed E-state index contributed by atoms with van der Waals surface area (Å²) in [5.41, 5.74) is 3.02. The molecule has 0 radical (unpaired) electrons. The van der Waals surface area contributed by atoms with E-state index < -0.39 is 0 Å². The molecule has 6 heteroatoms. The van der Waals surface area contributed by atoms with Crippen LogP contribution in [-0.4, -0.2) is 35.1 Å². The van der Waals surface area contributed by atoms with Gasteiger partial charge < -0.3 is 9.84 Å². The molecule has 2 aromatic rings. The molecular weight excluding hydrogens is 333 g/mol. The molecule has 5 nitrogen and oxygen atoms in total. The third-order valence-corrected chi connectivity index (χ3v) is 5.34. The van der Waals surface area contributed by atoms with Gasteiger partial charge in [0.25, 0.3) is 0 Å². The fraction of sp³-hybridized carbons (Fsp3) is 0.500. The molecule has 0 spiro atoms. The maximum atomic E-state index is 13.0. The molecule has 1 fully saturated rings. The number of benzene rings is 1. The van der Waals surface area contributed by atoms with E-state index in [1.54, 1.807) is 12.1 Å². The van der Waals surface area contributed by atoms with E-state index in [2.05, 4.69) is 15.4 Å². The van der Waals surface area contributed by atoms with Crippen LogP contribution in [0.4, 0.5) is 4.39 Å². The second kappa shape index (κ2) is 7.58. The fourth-order valence-electron chi connectivity index (χ4n) is 3.93. The lowest BCUT2D eigenvalue weighted by Crippen LogP contribution is -2.39. The van der Waals surface area contributed by atoms with Crippen molar-refractivity contribution >= 4 is 5.91 Å². The molecular formula is C20H24FN3O2. The number of carbonyl (C=O) groups is 1. The van der Waals surface area contributed by atoms with Crippen LogP contribution in [0.1, 0.15) is 41.8 Å². The first-order valence-corrected chi connectivity index (χ1v) is 9.40. The highest BCUT2D eigenvalue weighted by Gasteiger charge is 2.27. The molecule has 0 saturated carbocycles. The lowest BCUT2D eigenvalue weighted by atomic mass is 9.91. The summed E-state index contributed by atoms with van der Waals surface area (Å²) in [7, 11) is 0. The highest BCUT2D eigenvalue weighted by Crippen LogP contribution is 2.26. The fourth-order valence-corrected chi connectivity index (χ4v) is 3.93. The van der Waals surface area contributed by atoms with Gasteiger partial charge >= 0.3 is 0 Å². The molecule has 26 heavy (non-hydrogen) atoms. The average molecular weight is 357 g/mol. The van der Waals surface area contributed by atoms with Crippen LogP contribution in [-0.2, 0) is 30.6 Å². The lowest BCUT2D eigenvalue weighted by molar-refractivity contribution is -0.121. The number of amides is 1. The number of carbonyl (C=O) groups excluding carboxylic acids is 1. The second-order valence-corrected chi connectivity index (χ2v) is 7.32. The Morgan fingerprint density at radius 2 is 2.04 bits per heavy atom. The molecule has 1 saturated heterocycles. The van der Waals surface area contributed by atoms with E-state index in [4.69, 9.17) is 4.52 Å². The van der Waals surface area contributed by atoms with E-state index in [0.717, 1.165) is 55.9 Å². The number of aryl methyl sites for hydroxylation is 1. The number of likely N-dealkylation sites (tertiary alicyclic amines) is 1. The average Bonchev–Trinajstić information content (AvgIpc) is 3.28. The number of rotatable bonds is 5. The highest BCUT2D eigenvalue weighted by molar-refractivity contribution is 5.78. The van der Waals surface area contributed by atoms with Gasteiger partial charge in [-0.25, -0.2) is 4.39 Å². The van der Waals surface area contributed by atoms with Gasteiger partial charge in [-0.3, -0.25) is 9.69 Å². The normalized spacial score (nSPS) is 20.1. The largest absolute Gasteiger partial charge is 0.361 e. The minimum Gasteiger partial charge on any atom is -0.361 e. The van der Waals surface area contributed by atoms with Crippen LogP contribution in [0.25, 0.3) is 0 Å². The Morgan fingerprint density at radius 3 is 2.81 bits per heavy atom. The van der Waals surface area contributed by atoms with E-state index in [1.165, 1.54) is 30.5 Å². The van der Waals surface area contributed by atoms with Crippen molar-refractivity contribution in [3.63, 3.8) is 0 Å². The van der Waals surface area contributed by atoms with Gasteiger partial charge in [0.2, 0.25) is 5.91 Å². The minimum absolute atomic E-state index is 0.0254. The smallest absolute Gasteiger partial charge is 0.224 e. The number of halogens is 1. The zero-order valence-electron chi connectivity index (χ0n) is 14.8. The zero-order valence-corrected chi connectivity index (χ0v) is 14.8. The molecule has 4 rings (SSSR count). The maximum Gasteiger partial charge on any atom is 0.224 e. The first-order valence-electron chi connectivity index (χ1n) is 9.40. The molecule has 1 aromatic heterocycles. The molecule has 2 heterocycles. The molecule has 2 aliphatic rings. The third kappa shape index (κ3) is 3.96. The number of hydrogen-bond acceptors (Lipinski definition) is 4. The van der Waals surface area contributed by atoms with Crippen LogP contribution in [0.15, 0.2) is 28.8 Å². The Labute approximate surface area is 152 Å².